The van der Waals surface area contributed by atoms with E-state index < -0.39 is 5.91 Å². The number of carbonyl (C=O) groups is 1. The van der Waals surface area contributed by atoms with Gasteiger partial charge in [0.1, 0.15) is 0 Å². The normalized spacial score (nSPS) is 10.9. The van der Waals surface area contributed by atoms with E-state index >= 15 is 0 Å². The summed E-state index contributed by atoms with van der Waals surface area (Å²) in [5.74, 6) is 0.227. The SMILES string of the molecule is COc1c(Cl)cc(C(=O)Nc2cc(-c3nc4ncccc4o3)ccc2Cl)cc1Cl. The minimum absolute atomic E-state index is 0.226. The van der Waals surface area contributed by atoms with Crippen LogP contribution >= 0.6 is 34.8 Å². The van der Waals surface area contributed by atoms with Crippen molar-refractivity contribution in [3.8, 4) is 17.2 Å². The minimum Gasteiger partial charge on any atom is -0.494 e. The quantitative estimate of drug-likeness (QED) is 0.407. The Morgan fingerprint density at radius 1 is 1.07 bits per heavy atom. The van der Waals surface area contributed by atoms with Gasteiger partial charge in [-0.15, -0.1) is 0 Å². The molecule has 0 radical (unpaired) electrons. The van der Waals surface area contributed by atoms with Gasteiger partial charge in [0, 0.05) is 17.3 Å². The van der Waals surface area contributed by atoms with Gasteiger partial charge in [0.2, 0.25) is 5.89 Å². The number of nitrogens with zero attached hydrogens (tertiary/aromatic N) is 2. The molecule has 0 aliphatic rings. The molecule has 146 valence electrons. The standard InChI is InChI=1S/C20H12Cl3N3O3/c1-28-17-13(22)7-11(8-14(17)23)19(27)25-15-9-10(4-5-12(15)21)20-26-18-16(29-20)3-2-6-24-18/h2-9H,1H3,(H,25,27). The summed E-state index contributed by atoms with van der Waals surface area (Å²) in [5, 5.41) is 3.55. The van der Waals surface area contributed by atoms with E-state index in [1.165, 1.54) is 19.2 Å². The lowest BCUT2D eigenvalue weighted by Gasteiger charge is -2.11. The number of methoxy groups -OCH3 is 1. The van der Waals surface area contributed by atoms with E-state index in [4.69, 9.17) is 44.0 Å². The molecule has 0 saturated carbocycles. The Morgan fingerprint density at radius 2 is 1.83 bits per heavy atom. The first kappa shape index (κ1) is 19.5. The van der Waals surface area contributed by atoms with E-state index in [9.17, 15) is 4.79 Å². The summed E-state index contributed by atoms with van der Waals surface area (Å²) in [7, 11) is 1.44. The number of hydrogen-bond acceptors (Lipinski definition) is 5. The number of fused-ring (bicyclic) bond motifs is 1. The monoisotopic (exact) mass is 447 g/mol. The van der Waals surface area contributed by atoms with Gasteiger partial charge >= 0.3 is 0 Å². The summed E-state index contributed by atoms with van der Waals surface area (Å²) in [6.45, 7) is 0. The van der Waals surface area contributed by atoms with Gasteiger partial charge < -0.3 is 14.5 Å². The third kappa shape index (κ3) is 3.87. The van der Waals surface area contributed by atoms with Gasteiger partial charge in [-0.2, -0.15) is 4.98 Å². The van der Waals surface area contributed by atoms with Crippen molar-refractivity contribution >= 4 is 57.6 Å². The first-order valence-corrected chi connectivity index (χ1v) is 9.45. The molecule has 0 bridgehead atoms. The van der Waals surface area contributed by atoms with E-state index in [-0.39, 0.29) is 15.6 Å². The summed E-state index contributed by atoms with van der Waals surface area (Å²) < 4.78 is 10.8. The number of benzene rings is 2. The van der Waals surface area contributed by atoms with Crippen molar-refractivity contribution in [1.29, 1.82) is 0 Å². The van der Waals surface area contributed by atoms with Crippen molar-refractivity contribution in [1.82, 2.24) is 9.97 Å². The molecule has 1 N–H and O–H groups in total. The van der Waals surface area contributed by atoms with Gasteiger partial charge in [-0.1, -0.05) is 34.8 Å². The lowest BCUT2D eigenvalue weighted by molar-refractivity contribution is 0.102. The number of ether oxygens (including phenoxy) is 1. The molecule has 0 spiro atoms. The Kier molecular flexibility index (Phi) is 5.32. The number of hydrogen-bond donors (Lipinski definition) is 1. The average Bonchev–Trinajstić information content (AvgIpc) is 3.13. The zero-order chi connectivity index (χ0) is 20.5. The highest BCUT2D eigenvalue weighted by molar-refractivity contribution is 6.38. The topological polar surface area (TPSA) is 77.2 Å². The van der Waals surface area contributed by atoms with Gasteiger partial charge in [-0.3, -0.25) is 4.79 Å². The minimum atomic E-state index is -0.435. The molecule has 0 unspecified atom stereocenters. The van der Waals surface area contributed by atoms with Crippen molar-refractivity contribution in [2.24, 2.45) is 0 Å². The van der Waals surface area contributed by atoms with Crippen molar-refractivity contribution in [2.45, 2.75) is 0 Å². The Balaban J connectivity index is 1.65. The molecule has 9 heteroatoms. The third-order valence-corrected chi connectivity index (χ3v) is 4.98. The Bertz CT molecular complexity index is 1180. The first-order valence-electron chi connectivity index (χ1n) is 8.32. The molecule has 0 aliphatic heterocycles. The van der Waals surface area contributed by atoms with Gasteiger partial charge in [-0.25, -0.2) is 4.98 Å². The number of amides is 1. The molecule has 6 nitrogen and oxygen atoms in total. The van der Waals surface area contributed by atoms with Gasteiger partial charge in [0.05, 0.1) is 27.9 Å². The summed E-state index contributed by atoms with van der Waals surface area (Å²) in [4.78, 5) is 21.2. The molecule has 0 fully saturated rings. The lowest BCUT2D eigenvalue weighted by atomic mass is 10.1. The molecule has 0 saturated heterocycles. The molecule has 2 aromatic carbocycles. The van der Waals surface area contributed by atoms with Gasteiger partial charge in [-0.05, 0) is 42.5 Å². The summed E-state index contributed by atoms with van der Waals surface area (Å²) in [6, 6.07) is 11.5. The number of pyridine rings is 1. The summed E-state index contributed by atoms with van der Waals surface area (Å²) in [6.07, 6.45) is 1.63. The molecule has 29 heavy (non-hydrogen) atoms. The number of oxazole rings is 1. The molecule has 2 aromatic heterocycles. The van der Waals surface area contributed by atoms with E-state index in [0.717, 1.165) is 0 Å². The zero-order valence-corrected chi connectivity index (χ0v) is 17.1. The second-order valence-electron chi connectivity index (χ2n) is 5.97. The molecule has 1 amide bonds. The van der Waals surface area contributed by atoms with Crippen LogP contribution in [0.15, 0.2) is 53.1 Å². The Labute approximate surface area is 180 Å². The maximum Gasteiger partial charge on any atom is 0.255 e. The fraction of sp³-hybridized carbons (Fsp3) is 0.0500. The van der Waals surface area contributed by atoms with Crippen LogP contribution in [0.25, 0.3) is 22.7 Å². The van der Waals surface area contributed by atoms with E-state index in [0.29, 0.717) is 39.1 Å². The van der Waals surface area contributed by atoms with Crippen LogP contribution in [0.3, 0.4) is 0 Å². The number of carbonyl (C=O) groups excluding carboxylic acids is 1. The third-order valence-electron chi connectivity index (χ3n) is 4.09. The second kappa shape index (κ2) is 7.91. The second-order valence-corrected chi connectivity index (χ2v) is 7.19. The molecule has 0 aliphatic carbocycles. The van der Waals surface area contributed by atoms with E-state index in [1.54, 1.807) is 36.5 Å². The van der Waals surface area contributed by atoms with E-state index in [1.807, 2.05) is 0 Å². The van der Waals surface area contributed by atoms with Crippen LogP contribution in [0, 0.1) is 0 Å². The highest BCUT2D eigenvalue weighted by Crippen LogP contribution is 2.35. The molecule has 0 atom stereocenters. The van der Waals surface area contributed by atoms with Crippen LogP contribution in [-0.4, -0.2) is 23.0 Å². The van der Waals surface area contributed by atoms with Crippen LogP contribution in [0.1, 0.15) is 10.4 Å². The Morgan fingerprint density at radius 3 is 2.52 bits per heavy atom. The highest BCUT2D eigenvalue weighted by atomic mass is 35.5. The average molecular weight is 449 g/mol. The summed E-state index contributed by atoms with van der Waals surface area (Å²) >= 11 is 18.5. The maximum atomic E-state index is 12.7. The van der Waals surface area contributed by atoms with Crippen molar-refractivity contribution in [3.05, 3.63) is 69.3 Å². The lowest BCUT2D eigenvalue weighted by Crippen LogP contribution is -2.12. The fourth-order valence-electron chi connectivity index (χ4n) is 2.73. The zero-order valence-electron chi connectivity index (χ0n) is 14.9. The maximum absolute atomic E-state index is 12.7. The number of aromatic nitrogens is 2. The smallest absolute Gasteiger partial charge is 0.255 e. The van der Waals surface area contributed by atoms with E-state index in [2.05, 4.69) is 15.3 Å². The van der Waals surface area contributed by atoms with Crippen LogP contribution in [0.4, 0.5) is 5.69 Å². The Hall–Kier alpha value is -2.80. The fourth-order valence-corrected chi connectivity index (χ4v) is 3.53. The van der Waals surface area contributed by atoms with Gasteiger partial charge in [0.15, 0.2) is 17.0 Å². The molecule has 4 rings (SSSR count). The van der Waals surface area contributed by atoms with Crippen LogP contribution < -0.4 is 10.1 Å². The highest BCUT2D eigenvalue weighted by Gasteiger charge is 2.16. The molecule has 4 aromatic rings. The molecular weight excluding hydrogens is 437 g/mol. The number of nitrogens with one attached hydrogen (secondary N) is 1. The molecule has 2 heterocycles. The predicted molar refractivity (Wildman–Crippen MR) is 113 cm³/mol. The molecular formula is C20H12Cl3N3O3. The van der Waals surface area contributed by atoms with Crippen LogP contribution in [0.2, 0.25) is 15.1 Å². The largest absolute Gasteiger partial charge is 0.494 e. The van der Waals surface area contributed by atoms with Gasteiger partial charge in [0.25, 0.3) is 5.91 Å². The number of anilines is 1. The predicted octanol–water partition coefficient (Wildman–Crippen LogP) is 6.11. The number of rotatable bonds is 4. The van der Waals surface area contributed by atoms with Crippen molar-refractivity contribution < 1.29 is 13.9 Å². The van der Waals surface area contributed by atoms with Crippen molar-refractivity contribution in [3.63, 3.8) is 0 Å². The van der Waals surface area contributed by atoms with Crippen LogP contribution in [-0.2, 0) is 0 Å². The summed E-state index contributed by atoms with van der Waals surface area (Å²) in [5.41, 5.74) is 2.32. The first-order chi connectivity index (χ1) is 14.0. The van der Waals surface area contributed by atoms with Crippen molar-refractivity contribution in [2.75, 3.05) is 12.4 Å². The van der Waals surface area contributed by atoms with Crippen LogP contribution in [0.5, 0.6) is 5.75 Å². The number of halogens is 3.